The minimum atomic E-state index is -1.56. The summed E-state index contributed by atoms with van der Waals surface area (Å²) < 4.78 is 10.1. The van der Waals surface area contributed by atoms with Crippen molar-refractivity contribution in [3.8, 4) is 11.8 Å². The highest BCUT2D eigenvalue weighted by Crippen LogP contribution is 2.53. The van der Waals surface area contributed by atoms with Crippen LogP contribution >= 0.6 is 0 Å². The largest absolute Gasteiger partial charge is 0.477 e. The fourth-order valence-corrected chi connectivity index (χ4v) is 5.19. The van der Waals surface area contributed by atoms with Crippen LogP contribution in [-0.2, 0) is 35.3 Å². The molecule has 1 aliphatic carbocycles. The zero-order valence-electron chi connectivity index (χ0n) is 26.4. The van der Waals surface area contributed by atoms with Crippen LogP contribution in [0.15, 0.2) is 84.6 Å². The number of rotatable bonds is 12. The van der Waals surface area contributed by atoms with Gasteiger partial charge in [0.05, 0.1) is 6.61 Å². The van der Waals surface area contributed by atoms with Crippen molar-refractivity contribution >= 4 is 40.6 Å². The lowest BCUT2D eigenvalue weighted by atomic mass is 9.97. The van der Waals surface area contributed by atoms with Gasteiger partial charge in [0.1, 0.15) is 23.9 Å². The monoisotopic (exact) mass is 639 g/mol. The molecule has 3 aromatic rings. The quantitative estimate of drug-likeness (QED) is 0.0994. The Morgan fingerprint density at radius 1 is 0.979 bits per heavy atom. The molecule has 4 N–H and O–H groups in total. The predicted octanol–water partition coefficient (Wildman–Crippen LogP) is 4.17. The minimum Gasteiger partial charge on any atom is -0.477 e. The van der Waals surface area contributed by atoms with E-state index in [0.29, 0.717) is 0 Å². The number of benzene rings is 3. The summed E-state index contributed by atoms with van der Waals surface area (Å²) in [6.07, 6.45) is 0.338. The molecule has 11 heteroatoms. The molecular formula is C36H37N3O8. The van der Waals surface area contributed by atoms with Gasteiger partial charge >= 0.3 is 18.0 Å². The van der Waals surface area contributed by atoms with Gasteiger partial charge in [0.15, 0.2) is 0 Å². The zero-order chi connectivity index (χ0) is 34.0. The van der Waals surface area contributed by atoms with E-state index >= 15 is 0 Å². The number of aliphatic carboxylic acids is 1. The molecule has 47 heavy (non-hydrogen) atoms. The van der Waals surface area contributed by atoms with Crippen molar-refractivity contribution in [3.05, 3.63) is 95.7 Å². The third-order valence-corrected chi connectivity index (χ3v) is 7.48. The maximum Gasteiger partial charge on any atom is 0.408 e. The number of esters is 1. The fraction of sp³-hybridized carbons (Fsp3) is 0.306. The van der Waals surface area contributed by atoms with Gasteiger partial charge in [0.25, 0.3) is 5.91 Å². The van der Waals surface area contributed by atoms with Gasteiger partial charge in [-0.25, -0.2) is 14.4 Å². The number of carbonyl (C=O) groups excluding carboxylic acids is 4. The molecule has 3 atom stereocenters. The summed E-state index contributed by atoms with van der Waals surface area (Å²) in [6.45, 7) is 5.21. The van der Waals surface area contributed by atoms with Crippen molar-refractivity contribution in [1.82, 2.24) is 16.0 Å². The van der Waals surface area contributed by atoms with Crippen molar-refractivity contribution in [2.75, 3.05) is 6.61 Å². The highest BCUT2D eigenvalue weighted by molar-refractivity contribution is 6.03. The SMILES string of the molecule is CCOC(=O)C#CC[C@H](NC(=O)OCc1ccccc1)C(=O)N[C@]1(C(=O)NC(=CC(C)C)C(=O)O)C[C@H]1c1cccc2ccccc12. The number of alkyl carbamates (subject to hydrolysis) is 1. The lowest BCUT2D eigenvalue weighted by Gasteiger charge is -2.24. The van der Waals surface area contributed by atoms with E-state index in [0.717, 1.165) is 21.9 Å². The molecule has 3 amide bonds. The van der Waals surface area contributed by atoms with Crippen molar-refractivity contribution in [1.29, 1.82) is 0 Å². The van der Waals surface area contributed by atoms with E-state index < -0.39 is 47.3 Å². The summed E-state index contributed by atoms with van der Waals surface area (Å²) in [4.78, 5) is 64.4. The number of hydrogen-bond donors (Lipinski definition) is 4. The molecule has 244 valence electrons. The molecule has 0 unspecified atom stereocenters. The molecule has 1 saturated carbocycles. The topological polar surface area (TPSA) is 160 Å². The number of hydrogen-bond acceptors (Lipinski definition) is 7. The summed E-state index contributed by atoms with van der Waals surface area (Å²) in [5.41, 5.74) is -0.366. The van der Waals surface area contributed by atoms with Gasteiger partial charge in [-0.1, -0.05) is 98.6 Å². The highest BCUT2D eigenvalue weighted by atomic mass is 16.5. The van der Waals surface area contributed by atoms with Crippen molar-refractivity contribution in [2.24, 2.45) is 5.92 Å². The molecule has 11 nitrogen and oxygen atoms in total. The van der Waals surface area contributed by atoms with Gasteiger partial charge in [-0.3, -0.25) is 9.59 Å². The molecule has 0 spiro atoms. The van der Waals surface area contributed by atoms with Crippen molar-refractivity contribution < 1.29 is 38.6 Å². The van der Waals surface area contributed by atoms with Gasteiger partial charge in [0.2, 0.25) is 5.91 Å². The molecule has 4 rings (SSSR count). The number of carboxylic acid groups (broad SMARTS) is 1. The first kappa shape index (κ1) is 34.2. The van der Waals surface area contributed by atoms with E-state index in [2.05, 4.69) is 27.8 Å². The summed E-state index contributed by atoms with van der Waals surface area (Å²) in [6, 6.07) is 20.8. The summed E-state index contributed by atoms with van der Waals surface area (Å²) in [5, 5.41) is 19.4. The van der Waals surface area contributed by atoms with Crippen molar-refractivity contribution in [3.63, 3.8) is 0 Å². The Balaban J connectivity index is 1.64. The summed E-state index contributed by atoms with van der Waals surface area (Å²) in [7, 11) is 0. The molecule has 0 aromatic heterocycles. The number of ether oxygens (including phenoxy) is 2. The summed E-state index contributed by atoms with van der Waals surface area (Å²) in [5.74, 6) is 0.499. The Morgan fingerprint density at radius 3 is 2.38 bits per heavy atom. The number of nitrogens with one attached hydrogen (secondary N) is 3. The second-order valence-corrected chi connectivity index (χ2v) is 11.4. The van der Waals surface area contributed by atoms with Gasteiger partial charge in [-0.15, -0.1) is 0 Å². The first-order chi connectivity index (χ1) is 22.5. The number of carboxylic acids is 1. The van der Waals surface area contributed by atoms with Gasteiger partial charge in [-0.2, -0.15) is 0 Å². The Kier molecular flexibility index (Phi) is 11.4. The molecule has 1 fully saturated rings. The Morgan fingerprint density at radius 2 is 1.68 bits per heavy atom. The normalized spacial score (nSPS) is 17.4. The first-order valence-electron chi connectivity index (χ1n) is 15.2. The van der Waals surface area contributed by atoms with Crippen LogP contribution in [0.3, 0.4) is 0 Å². The van der Waals surface area contributed by atoms with Crippen LogP contribution in [-0.4, -0.2) is 53.1 Å². The Labute approximate surface area is 272 Å². The third-order valence-electron chi connectivity index (χ3n) is 7.48. The first-order valence-corrected chi connectivity index (χ1v) is 15.2. The highest BCUT2D eigenvalue weighted by Gasteiger charge is 2.62. The summed E-state index contributed by atoms with van der Waals surface area (Å²) >= 11 is 0. The molecule has 0 heterocycles. The van der Waals surface area contributed by atoms with E-state index in [1.807, 2.05) is 48.5 Å². The molecule has 1 aliphatic rings. The smallest absolute Gasteiger partial charge is 0.408 e. The molecule has 0 bridgehead atoms. The minimum absolute atomic E-state index is 0.0643. The standard InChI is InChI=1S/C36H37N3O8/c1-4-46-31(40)19-11-18-29(38-35(45)47-22-24-12-6-5-7-13-24)32(41)39-36(34(44)37-30(33(42)43)20-23(2)3)21-28(36)27-17-10-15-25-14-8-9-16-26(25)27/h5-10,12-17,20,23,28-29H,4,18,21-22H2,1-3H3,(H,37,44)(H,38,45)(H,39,41)(H,42,43)/t28-,29-,36+/m0/s1. The van der Waals surface area contributed by atoms with E-state index in [-0.39, 0.29) is 37.7 Å². The fourth-order valence-electron chi connectivity index (χ4n) is 5.19. The second-order valence-electron chi connectivity index (χ2n) is 11.4. The predicted molar refractivity (Wildman–Crippen MR) is 173 cm³/mol. The molecule has 0 radical (unpaired) electrons. The Bertz CT molecular complexity index is 1740. The molecule has 3 aromatic carbocycles. The average molecular weight is 640 g/mol. The van der Waals surface area contributed by atoms with Crippen LogP contribution in [0.2, 0.25) is 0 Å². The van der Waals surface area contributed by atoms with E-state index in [1.54, 1.807) is 45.0 Å². The number of amides is 3. The van der Waals surface area contributed by atoms with Crippen LogP contribution in [0.1, 0.15) is 50.7 Å². The third kappa shape index (κ3) is 8.98. The maximum absolute atomic E-state index is 13.9. The molecule has 0 saturated heterocycles. The zero-order valence-corrected chi connectivity index (χ0v) is 26.4. The molecular weight excluding hydrogens is 602 g/mol. The van der Waals surface area contributed by atoms with Crippen LogP contribution < -0.4 is 16.0 Å². The van der Waals surface area contributed by atoms with Gasteiger partial charge < -0.3 is 30.5 Å². The number of carbonyl (C=O) groups is 5. The van der Waals surface area contributed by atoms with Crippen LogP contribution in [0, 0.1) is 17.8 Å². The lowest BCUT2D eigenvalue weighted by molar-refractivity contribution is -0.136. The van der Waals surface area contributed by atoms with Gasteiger partial charge in [0, 0.05) is 18.3 Å². The second kappa shape index (κ2) is 15.6. The van der Waals surface area contributed by atoms with Crippen molar-refractivity contribution in [2.45, 2.75) is 57.7 Å². The van der Waals surface area contributed by atoms with E-state index in [9.17, 15) is 29.1 Å². The van der Waals surface area contributed by atoms with E-state index in [4.69, 9.17) is 9.47 Å². The maximum atomic E-state index is 13.9. The van der Waals surface area contributed by atoms with Crippen LogP contribution in [0.25, 0.3) is 10.8 Å². The Hall–Kier alpha value is -5.63. The van der Waals surface area contributed by atoms with Gasteiger partial charge in [-0.05, 0) is 41.2 Å². The van der Waals surface area contributed by atoms with Crippen LogP contribution in [0.4, 0.5) is 4.79 Å². The molecule has 0 aliphatic heterocycles. The van der Waals surface area contributed by atoms with E-state index in [1.165, 1.54) is 6.08 Å². The number of fused-ring (bicyclic) bond motifs is 1. The van der Waals surface area contributed by atoms with Crippen LogP contribution in [0.5, 0.6) is 0 Å². The number of allylic oxidation sites excluding steroid dienone is 1. The average Bonchev–Trinajstić information content (AvgIpc) is 3.77. The lowest BCUT2D eigenvalue weighted by Crippen LogP contribution is -2.56.